The summed E-state index contributed by atoms with van der Waals surface area (Å²) in [5, 5.41) is 7.42. The van der Waals surface area contributed by atoms with Gasteiger partial charge in [0.15, 0.2) is 22.6 Å². The van der Waals surface area contributed by atoms with E-state index >= 15 is 0 Å². The van der Waals surface area contributed by atoms with Gasteiger partial charge in [-0.2, -0.15) is 13.8 Å². The van der Waals surface area contributed by atoms with E-state index in [0.29, 0.717) is 5.75 Å². The van der Waals surface area contributed by atoms with Crippen LogP contribution in [0.3, 0.4) is 0 Å². The summed E-state index contributed by atoms with van der Waals surface area (Å²) in [5.41, 5.74) is 11.0. The van der Waals surface area contributed by atoms with Crippen molar-refractivity contribution in [1.82, 2.24) is 0 Å². The second-order valence-electron chi connectivity index (χ2n) is 3.49. The number of methoxy groups -OCH3 is 1. The summed E-state index contributed by atoms with van der Waals surface area (Å²) in [6.07, 6.45) is 0. The lowest BCUT2D eigenvalue weighted by Gasteiger charge is -2.11. The van der Waals surface area contributed by atoms with E-state index in [4.69, 9.17) is 21.6 Å². The van der Waals surface area contributed by atoms with Crippen LogP contribution in [0.15, 0.2) is 23.2 Å². The predicted molar refractivity (Wildman–Crippen MR) is 74.5 cm³/mol. The van der Waals surface area contributed by atoms with Crippen molar-refractivity contribution < 1.29 is 18.3 Å². The van der Waals surface area contributed by atoms with Crippen LogP contribution in [-0.2, 0) is 5.75 Å². The molecule has 1 rings (SSSR count). The standard InChI is InChI=1S/C11H14F2N4O2S/c1-18-8-4-6(2-3-7(8)19-9(12)13)5-20-11(16)17-10(14)15/h2-4,9H,5H2,1H3,(H5,14,15,16,17). The molecule has 0 aliphatic rings. The zero-order chi connectivity index (χ0) is 15.1. The minimum atomic E-state index is -2.92. The third kappa shape index (κ3) is 5.31. The summed E-state index contributed by atoms with van der Waals surface area (Å²) >= 11 is 1.09. The maximum absolute atomic E-state index is 12.2. The van der Waals surface area contributed by atoms with Crippen LogP contribution in [0.2, 0.25) is 0 Å². The number of alkyl halides is 2. The molecule has 1 aromatic carbocycles. The van der Waals surface area contributed by atoms with Crippen molar-refractivity contribution >= 4 is 22.9 Å². The third-order valence-corrected chi connectivity index (χ3v) is 2.89. The number of ether oxygens (including phenoxy) is 2. The highest BCUT2D eigenvalue weighted by atomic mass is 32.2. The van der Waals surface area contributed by atoms with Gasteiger partial charge in [-0.05, 0) is 17.7 Å². The monoisotopic (exact) mass is 304 g/mol. The predicted octanol–water partition coefficient (Wildman–Crippen LogP) is 1.74. The number of nitrogens with one attached hydrogen (secondary N) is 1. The van der Waals surface area contributed by atoms with Gasteiger partial charge in [0.2, 0.25) is 0 Å². The summed E-state index contributed by atoms with van der Waals surface area (Å²) in [7, 11) is 1.35. The number of benzene rings is 1. The number of guanidine groups is 1. The Bertz CT molecular complexity index is 507. The minimum absolute atomic E-state index is 0.0446. The third-order valence-electron chi connectivity index (χ3n) is 2.05. The molecule has 0 amide bonds. The zero-order valence-electron chi connectivity index (χ0n) is 10.6. The summed E-state index contributed by atoms with van der Waals surface area (Å²) in [6.45, 7) is -2.92. The Morgan fingerprint density at radius 1 is 1.40 bits per heavy atom. The number of thioether (sulfide) groups is 1. The van der Waals surface area contributed by atoms with Crippen LogP contribution in [0.25, 0.3) is 0 Å². The van der Waals surface area contributed by atoms with Crippen molar-refractivity contribution in [2.75, 3.05) is 7.11 Å². The van der Waals surface area contributed by atoms with Gasteiger partial charge in [0.1, 0.15) is 0 Å². The Hall–Kier alpha value is -2.03. The largest absolute Gasteiger partial charge is 0.493 e. The highest BCUT2D eigenvalue weighted by Crippen LogP contribution is 2.30. The first-order valence-corrected chi connectivity index (χ1v) is 6.33. The van der Waals surface area contributed by atoms with E-state index in [0.717, 1.165) is 17.3 Å². The molecule has 0 fully saturated rings. The van der Waals surface area contributed by atoms with E-state index in [-0.39, 0.29) is 22.6 Å². The fraction of sp³-hybridized carbons (Fsp3) is 0.273. The van der Waals surface area contributed by atoms with Crippen molar-refractivity contribution in [3.05, 3.63) is 23.8 Å². The maximum atomic E-state index is 12.2. The zero-order valence-corrected chi connectivity index (χ0v) is 11.4. The molecule has 0 saturated heterocycles. The molecule has 0 aliphatic carbocycles. The molecule has 0 radical (unpaired) electrons. The molecule has 9 heteroatoms. The summed E-state index contributed by atoms with van der Waals surface area (Å²) in [6, 6.07) is 4.52. The second kappa shape index (κ2) is 7.53. The highest BCUT2D eigenvalue weighted by Gasteiger charge is 2.11. The molecule has 0 aliphatic heterocycles. The van der Waals surface area contributed by atoms with E-state index in [1.807, 2.05) is 0 Å². The lowest BCUT2D eigenvalue weighted by atomic mass is 10.2. The molecule has 5 N–H and O–H groups in total. The molecule has 1 aromatic rings. The summed E-state index contributed by atoms with van der Waals surface area (Å²) < 4.78 is 33.6. The molecule has 6 nitrogen and oxygen atoms in total. The minimum Gasteiger partial charge on any atom is -0.493 e. The van der Waals surface area contributed by atoms with Crippen molar-refractivity contribution in [2.45, 2.75) is 12.4 Å². The lowest BCUT2D eigenvalue weighted by Crippen LogP contribution is -2.23. The van der Waals surface area contributed by atoms with E-state index in [2.05, 4.69) is 9.73 Å². The van der Waals surface area contributed by atoms with Crippen LogP contribution in [-0.4, -0.2) is 24.8 Å². The van der Waals surface area contributed by atoms with Crippen LogP contribution >= 0.6 is 11.8 Å². The maximum Gasteiger partial charge on any atom is 0.387 e. The average molecular weight is 304 g/mol. The summed E-state index contributed by atoms with van der Waals surface area (Å²) in [5.74, 6) is 0.342. The van der Waals surface area contributed by atoms with Crippen molar-refractivity contribution in [1.29, 1.82) is 5.41 Å². The van der Waals surface area contributed by atoms with Crippen molar-refractivity contribution in [3.63, 3.8) is 0 Å². The Balaban J connectivity index is 2.73. The molecule has 0 heterocycles. The molecular formula is C11H14F2N4O2S. The van der Waals surface area contributed by atoms with Crippen LogP contribution < -0.4 is 20.9 Å². The van der Waals surface area contributed by atoms with Gasteiger partial charge in [0, 0.05) is 5.75 Å². The fourth-order valence-electron chi connectivity index (χ4n) is 1.30. The van der Waals surface area contributed by atoms with Crippen molar-refractivity contribution in [3.8, 4) is 11.5 Å². The second-order valence-corrected chi connectivity index (χ2v) is 4.46. The summed E-state index contributed by atoms with van der Waals surface area (Å²) in [4.78, 5) is 3.56. The number of rotatable bonds is 5. The van der Waals surface area contributed by atoms with Gasteiger partial charge in [0.25, 0.3) is 0 Å². The normalized spacial score (nSPS) is 10.2. The number of nitrogens with zero attached hydrogens (tertiary/aromatic N) is 1. The van der Waals surface area contributed by atoms with Crippen LogP contribution in [0.1, 0.15) is 5.56 Å². The molecule has 0 aromatic heterocycles. The molecule has 0 bridgehead atoms. The van der Waals surface area contributed by atoms with Gasteiger partial charge in [-0.3, -0.25) is 5.41 Å². The molecule has 20 heavy (non-hydrogen) atoms. The number of hydrogen-bond acceptors (Lipinski definition) is 4. The van der Waals surface area contributed by atoms with Crippen molar-refractivity contribution in [2.24, 2.45) is 16.5 Å². The van der Waals surface area contributed by atoms with Gasteiger partial charge < -0.3 is 20.9 Å². The average Bonchev–Trinajstić information content (AvgIpc) is 2.36. The number of amidine groups is 1. The van der Waals surface area contributed by atoms with Gasteiger partial charge in [-0.15, -0.1) is 0 Å². The SMILES string of the molecule is COc1cc(CSC(=N)N=C(N)N)ccc1OC(F)F. The molecule has 0 unspecified atom stereocenters. The van der Waals surface area contributed by atoms with Crippen LogP contribution in [0.5, 0.6) is 11.5 Å². The van der Waals surface area contributed by atoms with E-state index in [1.165, 1.54) is 13.2 Å². The van der Waals surface area contributed by atoms with Crippen LogP contribution in [0, 0.1) is 5.41 Å². The van der Waals surface area contributed by atoms with E-state index < -0.39 is 6.61 Å². The van der Waals surface area contributed by atoms with E-state index in [9.17, 15) is 8.78 Å². The quantitative estimate of drug-likeness (QED) is 0.567. The first-order valence-electron chi connectivity index (χ1n) is 5.35. The van der Waals surface area contributed by atoms with Crippen LogP contribution in [0.4, 0.5) is 8.78 Å². The van der Waals surface area contributed by atoms with Gasteiger partial charge in [-0.25, -0.2) is 0 Å². The molecule has 110 valence electrons. The Morgan fingerprint density at radius 2 is 2.10 bits per heavy atom. The van der Waals surface area contributed by atoms with Gasteiger partial charge in [0.05, 0.1) is 7.11 Å². The molecule has 0 saturated carbocycles. The first kappa shape index (κ1) is 16.0. The first-order chi connectivity index (χ1) is 9.42. The smallest absolute Gasteiger partial charge is 0.387 e. The number of nitrogens with two attached hydrogens (primary N) is 2. The lowest BCUT2D eigenvalue weighted by molar-refractivity contribution is -0.0512. The Kier molecular flexibility index (Phi) is 6.04. The molecule has 0 spiro atoms. The molecule has 0 atom stereocenters. The number of aliphatic imine (C=N–C) groups is 1. The van der Waals surface area contributed by atoms with Gasteiger partial charge >= 0.3 is 6.61 Å². The van der Waals surface area contributed by atoms with E-state index in [1.54, 1.807) is 12.1 Å². The fourth-order valence-corrected chi connectivity index (χ4v) is 1.95. The van der Waals surface area contributed by atoms with Gasteiger partial charge in [-0.1, -0.05) is 17.8 Å². The Morgan fingerprint density at radius 3 is 2.65 bits per heavy atom. The number of halogens is 2. The topological polar surface area (TPSA) is 107 Å². The molecular weight excluding hydrogens is 290 g/mol. The highest BCUT2D eigenvalue weighted by molar-refractivity contribution is 8.13. The number of hydrogen-bond donors (Lipinski definition) is 3. The Labute approximate surface area is 118 Å².